The lowest BCUT2D eigenvalue weighted by molar-refractivity contribution is -0.120. The molecule has 1 rings (SSSR count). The zero-order valence-electron chi connectivity index (χ0n) is 11.9. The zero-order valence-corrected chi connectivity index (χ0v) is 11.9. The molecule has 1 aromatic carbocycles. The van der Waals surface area contributed by atoms with Gasteiger partial charge in [-0.2, -0.15) is 0 Å². The lowest BCUT2D eigenvalue weighted by atomic mass is 10.2. The highest BCUT2D eigenvalue weighted by Gasteiger charge is 2.04. The van der Waals surface area contributed by atoms with E-state index in [1.807, 2.05) is 31.2 Å². The van der Waals surface area contributed by atoms with Gasteiger partial charge in [0.2, 0.25) is 11.8 Å². The van der Waals surface area contributed by atoms with Gasteiger partial charge in [-0.3, -0.25) is 14.9 Å². The number of rotatable bonds is 8. The Labute approximate surface area is 118 Å². The van der Waals surface area contributed by atoms with Crippen molar-refractivity contribution in [1.82, 2.24) is 10.6 Å². The fourth-order valence-electron chi connectivity index (χ4n) is 1.49. The van der Waals surface area contributed by atoms with Gasteiger partial charge in [0, 0.05) is 19.3 Å². The molecule has 2 amide bonds. The molecule has 0 unspecified atom stereocenters. The van der Waals surface area contributed by atoms with E-state index in [0.717, 1.165) is 11.3 Å². The predicted molar refractivity (Wildman–Crippen MR) is 77.6 cm³/mol. The molecule has 0 heterocycles. The third-order valence-corrected chi connectivity index (χ3v) is 2.53. The van der Waals surface area contributed by atoms with Crippen molar-refractivity contribution in [2.75, 3.05) is 38.7 Å². The summed E-state index contributed by atoms with van der Waals surface area (Å²) >= 11 is 0. The zero-order chi connectivity index (χ0) is 14.8. The molecule has 6 heteroatoms. The molecule has 0 fully saturated rings. The topological polar surface area (TPSA) is 79.5 Å². The van der Waals surface area contributed by atoms with Gasteiger partial charge in [-0.25, -0.2) is 0 Å². The number of hydrogen-bond donors (Lipinski definition) is 3. The maximum absolute atomic E-state index is 11.6. The Bertz CT molecular complexity index is 432. The summed E-state index contributed by atoms with van der Waals surface area (Å²) in [6, 6.07) is 7.52. The molecule has 110 valence electrons. The number of carbonyl (C=O) groups is 2. The van der Waals surface area contributed by atoms with Crippen molar-refractivity contribution in [3.63, 3.8) is 0 Å². The molecule has 0 bridgehead atoms. The van der Waals surface area contributed by atoms with E-state index < -0.39 is 0 Å². The monoisotopic (exact) mass is 279 g/mol. The number of carbonyl (C=O) groups excluding carboxylic acids is 2. The Hall–Kier alpha value is -1.92. The normalized spacial score (nSPS) is 10.1. The molecule has 0 spiro atoms. The van der Waals surface area contributed by atoms with Crippen LogP contribution in [0, 0.1) is 6.92 Å². The van der Waals surface area contributed by atoms with E-state index in [9.17, 15) is 9.59 Å². The molecule has 0 saturated heterocycles. The first-order valence-corrected chi connectivity index (χ1v) is 6.44. The number of aryl methyl sites for hydroxylation is 1. The molecule has 0 aliphatic heterocycles. The van der Waals surface area contributed by atoms with Crippen molar-refractivity contribution in [2.24, 2.45) is 0 Å². The van der Waals surface area contributed by atoms with Gasteiger partial charge in [-0.1, -0.05) is 17.7 Å². The molecule has 1 aromatic rings. The number of ether oxygens (including phenoxy) is 1. The van der Waals surface area contributed by atoms with Crippen LogP contribution in [0.15, 0.2) is 24.3 Å². The van der Waals surface area contributed by atoms with Crippen LogP contribution in [0.3, 0.4) is 0 Å². The maximum Gasteiger partial charge on any atom is 0.238 e. The van der Waals surface area contributed by atoms with Gasteiger partial charge in [0.1, 0.15) is 0 Å². The van der Waals surface area contributed by atoms with Gasteiger partial charge in [0.25, 0.3) is 0 Å². The quantitative estimate of drug-likeness (QED) is 0.597. The Kier molecular flexibility index (Phi) is 7.31. The van der Waals surface area contributed by atoms with Gasteiger partial charge >= 0.3 is 0 Å². The van der Waals surface area contributed by atoms with Gasteiger partial charge in [0.15, 0.2) is 0 Å². The number of benzene rings is 1. The molecular formula is C14H21N3O3. The average Bonchev–Trinajstić information content (AvgIpc) is 2.42. The number of amides is 2. The highest BCUT2D eigenvalue weighted by molar-refractivity contribution is 5.92. The SMILES string of the molecule is COCCNC(=O)CNCC(=O)Nc1ccc(C)cc1. The van der Waals surface area contributed by atoms with Crippen LogP contribution in [-0.2, 0) is 14.3 Å². The second-order valence-corrected chi connectivity index (χ2v) is 4.36. The van der Waals surface area contributed by atoms with Crippen LogP contribution < -0.4 is 16.0 Å². The highest BCUT2D eigenvalue weighted by atomic mass is 16.5. The first kappa shape index (κ1) is 16.1. The molecule has 0 aliphatic carbocycles. The average molecular weight is 279 g/mol. The Balaban J connectivity index is 2.17. The fraction of sp³-hybridized carbons (Fsp3) is 0.429. The molecule has 0 saturated carbocycles. The van der Waals surface area contributed by atoms with E-state index in [0.29, 0.717) is 13.2 Å². The van der Waals surface area contributed by atoms with Crippen molar-refractivity contribution in [1.29, 1.82) is 0 Å². The van der Waals surface area contributed by atoms with E-state index in [1.54, 1.807) is 7.11 Å². The number of anilines is 1. The number of nitrogens with one attached hydrogen (secondary N) is 3. The maximum atomic E-state index is 11.6. The summed E-state index contributed by atoms with van der Waals surface area (Å²) < 4.78 is 4.81. The van der Waals surface area contributed by atoms with Crippen LogP contribution in [0.5, 0.6) is 0 Å². The Morgan fingerprint density at radius 1 is 1.10 bits per heavy atom. The van der Waals surface area contributed by atoms with Crippen molar-refractivity contribution in [3.05, 3.63) is 29.8 Å². The highest BCUT2D eigenvalue weighted by Crippen LogP contribution is 2.07. The van der Waals surface area contributed by atoms with E-state index in [-0.39, 0.29) is 24.9 Å². The molecule has 0 aromatic heterocycles. The van der Waals surface area contributed by atoms with Gasteiger partial charge in [0.05, 0.1) is 19.7 Å². The lowest BCUT2D eigenvalue weighted by Crippen LogP contribution is -2.38. The minimum atomic E-state index is -0.182. The minimum absolute atomic E-state index is 0.0889. The summed E-state index contributed by atoms with van der Waals surface area (Å²) in [6.45, 7) is 3.11. The molecule has 0 atom stereocenters. The third-order valence-electron chi connectivity index (χ3n) is 2.53. The fourth-order valence-corrected chi connectivity index (χ4v) is 1.49. The van der Waals surface area contributed by atoms with Crippen LogP contribution in [0.4, 0.5) is 5.69 Å². The van der Waals surface area contributed by atoms with Gasteiger partial charge in [-0.15, -0.1) is 0 Å². The standard InChI is InChI=1S/C14H21N3O3/c1-11-3-5-12(6-4-11)17-14(19)10-15-9-13(18)16-7-8-20-2/h3-6,15H,7-10H2,1-2H3,(H,16,18)(H,17,19). The molecule has 6 nitrogen and oxygen atoms in total. The Morgan fingerprint density at radius 2 is 1.75 bits per heavy atom. The molecule has 3 N–H and O–H groups in total. The summed E-state index contributed by atoms with van der Waals surface area (Å²) in [5.41, 5.74) is 1.88. The van der Waals surface area contributed by atoms with E-state index in [2.05, 4.69) is 16.0 Å². The van der Waals surface area contributed by atoms with E-state index in [1.165, 1.54) is 0 Å². The number of methoxy groups -OCH3 is 1. The summed E-state index contributed by atoms with van der Waals surface area (Å²) in [7, 11) is 1.57. The van der Waals surface area contributed by atoms with Crippen molar-refractivity contribution < 1.29 is 14.3 Å². The summed E-state index contributed by atoms with van der Waals surface area (Å²) in [5.74, 6) is -0.344. The van der Waals surface area contributed by atoms with Crippen LogP contribution in [0.1, 0.15) is 5.56 Å². The smallest absolute Gasteiger partial charge is 0.238 e. The van der Waals surface area contributed by atoms with E-state index >= 15 is 0 Å². The van der Waals surface area contributed by atoms with Crippen molar-refractivity contribution >= 4 is 17.5 Å². The minimum Gasteiger partial charge on any atom is -0.383 e. The first-order valence-electron chi connectivity index (χ1n) is 6.44. The van der Waals surface area contributed by atoms with Crippen LogP contribution >= 0.6 is 0 Å². The number of hydrogen-bond acceptors (Lipinski definition) is 4. The van der Waals surface area contributed by atoms with Crippen LogP contribution in [-0.4, -0.2) is 45.2 Å². The van der Waals surface area contributed by atoms with Crippen molar-refractivity contribution in [3.8, 4) is 0 Å². The first-order chi connectivity index (χ1) is 9.61. The second kappa shape index (κ2) is 9.06. The van der Waals surface area contributed by atoms with E-state index in [4.69, 9.17) is 4.74 Å². The summed E-state index contributed by atoms with van der Waals surface area (Å²) in [5, 5.41) is 8.18. The largest absolute Gasteiger partial charge is 0.383 e. The van der Waals surface area contributed by atoms with Crippen LogP contribution in [0.25, 0.3) is 0 Å². The molecular weight excluding hydrogens is 258 g/mol. The van der Waals surface area contributed by atoms with Crippen molar-refractivity contribution in [2.45, 2.75) is 6.92 Å². The predicted octanol–water partition coefficient (Wildman–Crippen LogP) is 0.286. The summed E-state index contributed by atoms with van der Waals surface area (Å²) in [4.78, 5) is 22.9. The summed E-state index contributed by atoms with van der Waals surface area (Å²) in [6.07, 6.45) is 0. The molecule has 0 aliphatic rings. The van der Waals surface area contributed by atoms with Gasteiger partial charge in [-0.05, 0) is 19.1 Å². The third kappa shape index (κ3) is 6.86. The lowest BCUT2D eigenvalue weighted by Gasteiger charge is -2.07. The second-order valence-electron chi connectivity index (χ2n) is 4.36. The Morgan fingerprint density at radius 3 is 2.40 bits per heavy atom. The van der Waals surface area contributed by atoms with Gasteiger partial charge < -0.3 is 15.4 Å². The molecule has 0 radical (unpaired) electrons. The van der Waals surface area contributed by atoms with Crippen LogP contribution in [0.2, 0.25) is 0 Å². The molecule has 20 heavy (non-hydrogen) atoms.